The zero-order chi connectivity index (χ0) is 11.5. The molecule has 0 bridgehead atoms. The monoisotopic (exact) mass is 211 g/mol. The van der Waals surface area contributed by atoms with E-state index >= 15 is 0 Å². The molecule has 0 atom stereocenters. The highest BCUT2D eigenvalue weighted by molar-refractivity contribution is 5.77. The van der Waals surface area contributed by atoms with Crippen molar-refractivity contribution in [2.24, 2.45) is 5.73 Å². The molecule has 3 N–H and O–H groups in total. The van der Waals surface area contributed by atoms with Gasteiger partial charge in [0.25, 0.3) is 0 Å². The number of carbonyl (C=O) groups excluding carboxylic acids is 1. The molecular weight excluding hydrogens is 194 g/mol. The van der Waals surface area contributed by atoms with Crippen LogP contribution in [0.15, 0.2) is 10.7 Å². The summed E-state index contributed by atoms with van der Waals surface area (Å²) in [6, 6.07) is 0. The average Bonchev–Trinajstić information content (AvgIpc) is 2.47. The standard InChI is InChI=1S/C10H17N3O2/c1-7-5-15-9(13-7)4-8(14)12-6-10(2,3)11/h5H,4,6,11H2,1-3H3,(H,12,14). The quantitative estimate of drug-likeness (QED) is 0.754. The maximum atomic E-state index is 11.4. The summed E-state index contributed by atoms with van der Waals surface area (Å²) in [5.74, 6) is 0.301. The van der Waals surface area contributed by atoms with E-state index in [4.69, 9.17) is 10.2 Å². The number of amides is 1. The van der Waals surface area contributed by atoms with Gasteiger partial charge in [-0.3, -0.25) is 4.79 Å². The molecule has 1 aromatic heterocycles. The molecule has 1 rings (SSSR count). The lowest BCUT2D eigenvalue weighted by Crippen LogP contribution is -2.45. The van der Waals surface area contributed by atoms with Crippen LogP contribution in [-0.2, 0) is 11.2 Å². The molecular formula is C10H17N3O2. The molecule has 0 saturated heterocycles. The number of nitrogens with two attached hydrogens (primary N) is 1. The highest BCUT2D eigenvalue weighted by Gasteiger charge is 2.13. The molecule has 0 aliphatic heterocycles. The molecule has 0 aromatic carbocycles. The van der Waals surface area contributed by atoms with Gasteiger partial charge in [0.15, 0.2) is 0 Å². The van der Waals surface area contributed by atoms with Gasteiger partial charge in [0.2, 0.25) is 11.8 Å². The Morgan fingerprint density at radius 2 is 2.33 bits per heavy atom. The zero-order valence-electron chi connectivity index (χ0n) is 9.33. The molecule has 0 saturated carbocycles. The molecule has 5 heteroatoms. The minimum Gasteiger partial charge on any atom is -0.448 e. The number of hydrogen-bond acceptors (Lipinski definition) is 4. The number of carbonyl (C=O) groups is 1. The topological polar surface area (TPSA) is 81.2 Å². The Labute approximate surface area is 89.1 Å². The van der Waals surface area contributed by atoms with Gasteiger partial charge in [-0.05, 0) is 20.8 Å². The smallest absolute Gasteiger partial charge is 0.229 e. The summed E-state index contributed by atoms with van der Waals surface area (Å²) in [5.41, 5.74) is 6.10. The second kappa shape index (κ2) is 4.44. The second-order valence-electron chi connectivity index (χ2n) is 4.32. The van der Waals surface area contributed by atoms with E-state index in [9.17, 15) is 4.79 Å². The first-order valence-corrected chi connectivity index (χ1v) is 4.83. The van der Waals surface area contributed by atoms with E-state index in [0.717, 1.165) is 5.69 Å². The van der Waals surface area contributed by atoms with Crippen LogP contribution in [0.1, 0.15) is 25.4 Å². The Morgan fingerprint density at radius 3 is 2.80 bits per heavy atom. The predicted molar refractivity (Wildman–Crippen MR) is 56.2 cm³/mol. The molecule has 1 aromatic rings. The molecule has 5 nitrogen and oxygen atoms in total. The van der Waals surface area contributed by atoms with Gasteiger partial charge in [-0.2, -0.15) is 0 Å². The minimum absolute atomic E-state index is 0.129. The number of nitrogens with zero attached hydrogens (tertiary/aromatic N) is 1. The van der Waals surface area contributed by atoms with Crippen LogP contribution in [0, 0.1) is 6.92 Å². The van der Waals surface area contributed by atoms with Crippen molar-refractivity contribution in [2.45, 2.75) is 32.7 Å². The second-order valence-corrected chi connectivity index (χ2v) is 4.32. The van der Waals surface area contributed by atoms with Crippen molar-refractivity contribution in [1.29, 1.82) is 0 Å². The maximum absolute atomic E-state index is 11.4. The lowest BCUT2D eigenvalue weighted by molar-refractivity contribution is -0.120. The molecule has 0 radical (unpaired) electrons. The van der Waals surface area contributed by atoms with Crippen molar-refractivity contribution in [2.75, 3.05) is 6.54 Å². The first-order valence-electron chi connectivity index (χ1n) is 4.83. The van der Waals surface area contributed by atoms with Crippen LogP contribution in [0.4, 0.5) is 0 Å². The van der Waals surface area contributed by atoms with Crippen LogP contribution in [0.25, 0.3) is 0 Å². The zero-order valence-corrected chi connectivity index (χ0v) is 9.33. The summed E-state index contributed by atoms with van der Waals surface area (Å²) < 4.78 is 5.06. The Hall–Kier alpha value is -1.36. The summed E-state index contributed by atoms with van der Waals surface area (Å²) in [6.07, 6.45) is 1.68. The largest absolute Gasteiger partial charge is 0.448 e. The number of aromatic nitrogens is 1. The molecule has 0 aliphatic carbocycles. The van der Waals surface area contributed by atoms with Gasteiger partial charge in [0.05, 0.1) is 5.69 Å². The predicted octanol–water partition coefficient (Wildman–Crippen LogP) is 0.379. The van der Waals surface area contributed by atoms with Crippen molar-refractivity contribution in [1.82, 2.24) is 10.3 Å². The fourth-order valence-electron chi connectivity index (χ4n) is 1.01. The SMILES string of the molecule is Cc1coc(CC(=O)NCC(C)(C)N)n1. The molecule has 0 fully saturated rings. The van der Waals surface area contributed by atoms with Crippen LogP contribution in [0.5, 0.6) is 0 Å². The minimum atomic E-state index is -0.401. The van der Waals surface area contributed by atoms with Crippen molar-refractivity contribution in [3.63, 3.8) is 0 Å². The van der Waals surface area contributed by atoms with E-state index in [-0.39, 0.29) is 12.3 Å². The van der Waals surface area contributed by atoms with Crippen LogP contribution in [0.3, 0.4) is 0 Å². The summed E-state index contributed by atoms with van der Waals surface area (Å²) in [5, 5.41) is 2.72. The van der Waals surface area contributed by atoms with Crippen molar-refractivity contribution in [3.05, 3.63) is 17.8 Å². The molecule has 15 heavy (non-hydrogen) atoms. The van der Waals surface area contributed by atoms with Crippen LogP contribution >= 0.6 is 0 Å². The molecule has 1 amide bonds. The Kier molecular flexibility index (Phi) is 3.47. The van der Waals surface area contributed by atoms with Crippen LogP contribution in [0.2, 0.25) is 0 Å². The fourth-order valence-corrected chi connectivity index (χ4v) is 1.01. The molecule has 84 valence electrons. The number of nitrogens with one attached hydrogen (secondary N) is 1. The van der Waals surface area contributed by atoms with Gasteiger partial charge in [-0.15, -0.1) is 0 Å². The fraction of sp³-hybridized carbons (Fsp3) is 0.600. The summed E-state index contributed by atoms with van der Waals surface area (Å²) >= 11 is 0. The summed E-state index contributed by atoms with van der Waals surface area (Å²) in [7, 11) is 0. The van der Waals surface area contributed by atoms with Crippen molar-refractivity contribution < 1.29 is 9.21 Å². The Bertz CT molecular complexity index is 339. The molecule has 1 heterocycles. The number of aryl methyl sites for hydroxylation is 1. The van der Waals surface area contributed by atoms with E-state index in [1.165, 1.54) is 6.26 Å². The van der Waals surface area contributed by atoms with Crippen LogP contribution in [-0.4, -0.2) is 23.0 Å². The lowest BCUT2D eigenvalue weighted by atomic mass is 10.1. The first kappa shape index (κ1) is 11.7. The van der Waals surface area contributed by atoms with Gasteiger partial charge < -0.3 is 15.5 Å². The van der Waals surface area contributed by atoms with Crippen molar-refractivity contribution >= 4 is 5.91 Å². The highest BCUT2D eigenvalue weighted by atomic mass is 16.3. The van der Waals surface area contributed by atoms with E-state index in [1.807, 2.05) is 20.8 Å². The third-order valence-electron chi connectivity index (χ3n) is 1.72. The third kappa shape index (κ3) is 4.60. The van der Waals surface area contributed by atoms with Gasteiger partial charge in [0, 0.05) is 12.1 Å². The Balaban J connectivity index is 2.37. The number of hydrogen-bond donors (Lipinski definition) is 2. The lowest BCUT2D eigenvalue weighted by Gasteiger charge is -2.18. The average molecular weight is 211 g/mol. The van der Waals surface area contributed by atoms with Crippen molar-refractivity contribution in [3.8, 4) is 0 Å². The van der Waals surface area contributed by atoms with E-state index < -0.39 is 5.54 Å². The van der Waals surface area contributed by atoms with Gasteiger partial charge in [-0.1, -0.05) is 0 Å². The summed E-state index contributed by atoms with van der Waals surface area (Å²) in [6.45, 7) is 5.95. The first-order chi connectivity index (χ1) is 6.87. The highest BCUT2D eigenvalue weighted by Crippen LogP contribution is 2.01. The maximum Gasteiger partial charge on any atom is 0.229 e. The van der Waals surface area contributed by atoms with Gasteiger partial charge in [-0.25, -0.2) is 4.98 Å². The Morgan fingerprint density at radius 1 is 1.67 bits per heavy atom. The number of rotatable bonds is 4. The van der Waals surface area contributed by atoms with E-state index in [1.54, 1.807) is 0 Å². The van der Waals surface area contributed by atoms with E-state index in [0.29, 0.717) is 12.4 Å². The number of oxazole rings is 1. The third-order valence-corrected chi connectivity index (χ3v) is 1.72. The van der Waals surface area contributed by atoms with Gasteiger partial charge >= 0.3 is 0 Å². The van der Waals surface area contributed by atoms with E-state index in [2.05, 4.69) is 10.3 Å². The summed E-state index contributed by atoms with van der Waals surface area (Å²) in [4.78, 5) is 15.4. The normalized spacial score (nSPS) is 11.5. The molecule has 0 aliphatic rings. The molecule has 0 spiro atoms. The molecule has 0 unspecified atom stereocenters. The van der Waals surface area contributed by atoms with Gasteiger partial charge in [0.1, 0.15) is 12.7 Å². The van der Waals surface area contributed by atoms with Crippen LogP contribution < -0.4 is 11.1 Å².